The second-order valence-electron chi connectivity index (χ2n) is 5.63. The van der Waals surface area contributed by atoms with Crippen molar-refractivity contribution in [1.29, 1.82) is 0 Å². The molecule has 1 fully saturated rings. The zero-order valence-corrected chi connectivity index (χ0v) is 15.4. The van der Waals surface area contributed by atoms with Gasteiger partial charge in [0.15, 0.2) is 6.61 Å². The quantitative estimate of drug-likeness (QED) is 0.790. The number of carbonyl (C=O) groups is 1. The van der Waals surface area contributed by atoms with Crippen molar-refractivity contribution in [2.24, 2.45) is 0 Å². The van der Waals surface area contributed by atoms with Crippen LogP contribution >= 0.6 is 23.5 Å². The molecule has 1 amide bonds. The molecular weight excluding hydrogens is 357 g/mol. The molecule has 0 aromatic heterocycles. The summed E-state index contributed by atoms with van der Waals surface area (Å²) in [4.78, 5) is 12.0. The zero-order valence-electron chi connectivity index (χ0n) is 13.7. The monoisotopic (exact) mass is 377 g/mol. The van der Waals surface area contributed by atoms with E-state index in [9.17, 15) is 9.18 Å². The fourth-order valence-corrected chi connectivity index (χ4v) is 5.45. The molecular formula is C19H20FNO2S2. The van der Waals surface area contributed by atoms with Crippen LogP contribution in [0.15, 0.2) is 48.5 Å². The van der Waals surface area contributed by atoms with Crippen molar-refractivity contribution < 1.29 is 13.9 Å². The van der Waals surface area contributed by atoms with Gasteiger partial charge in [0, 0.05) is 23.6 Å². The van der Waals surface area contributed by atoms with Gasteiger partial charge in [0.1, 0.15) is 11.6 Å². The van der Waals surface area contributed by atoms with Crippen LogP contribution in [0.5, 0.6) is 5.75 Å². The summed E-state index contributed by atoms with van der Waals surface area (Å²) >= 11 is 3.82. The van der Waals surface area contributed by atoms with Crippen LogP contribution in [-0.4, -0.2) is 30.6 Å². The lowest BCUT2D eigenvalue weighted by Gasteiger charge is -2.15. The molecule has 3 rings (SSSR count). The van der Waals surface area contributed by atoms with E-state index in [0.29, 0.717) is 17.5 Å². The Morgan fingerprint density at radius 2 is 1.84 bits per heavy atom. The summed E-state index contributed by atoms with van der Waals surface area (Å²) in [6.07, 6.45) is 0.665. The van der Waals surface area contributed by atoms with Gasteiger partial charge in [-0.3, -0.25) is 4.79 Å². The van der Waals surface area contributed by atoms with Crippen molar-refractivity contribution in [1.82, 2.24) is 5.32 Å². The fourth-order valence-electron chi connectivity index (χ4n) is 2.54. The molecule has 1 N–H and O–H groups in total. The maximum Gasteiger partial charge on any atom is 0.257 e. The molecule has 2 aromatic rings. The van der Waals surface area contributed by atoms with Crippen LogP contribution in [-0.2, 0) is 11.2 Å². The molecule has 1 heterocycles. The second kappa shape index (κ2) is 9.15. The predicted octanol–water partition coefficient (Wildman–Crippen LogP) is 4.04. The molecule has 0 atom stereocenters. The highest BCUT2D eigenvalue weighted by molar-refractivity contribution is 8.19. The van der Waals surface area contributed by atoms with Crippen LogP contribution < -0.4 is 10.1 Å². The first-order valence-electron chi connectivity index (χ1n) is 8.18. The number of halogens is 1. The number of benzene rings is 2. The Bertz CT molecular complexity index is 703. The van der Waals surface area contributed by atoms with E-state index in [1.165, 1.54) is 12.1 Å². The Labute approximate surface area is 155 Å². The van der Waals surface area contributed by atoms with Gasteiger partial charge in [-0.15, -0.1) is 23.5 Å². The summed E-state index contributed by atoms with van der Waals surface area (Å²) in [5.74, 6) is 2.67. The van der Waals surface area contributed by atoms with Crippen molar-refractivity contribution >= 4 is 29.4 Å². The number of amides is 1. The predicted molar refractivity (Wildman–Crippen MR) is 103 cm³/mol. The second-order valence-corrected chi connectivity index (χ2v) is 8.35. The molecule has 6 heteroatoms. The van der Waals surface area contributed by atoms with Crippen LogP contribution in [0.1, 0.15) is 15.7 Å². The topological polar surface area (TPSA) is 38.3 Å². The lowest BCUT2D eigenvalue weighted by Crippen LogP contribution is -2.30. The standard InChI is InChI=1S/C19H20FNO2S2/c20-15-7-5-14(6-8-15)9-10-21-18(22)13-23-17-4-2-1-3-16(17)19-24-11-12-25-19/h1-8,19H,9-13H2,(H,21,22). The van der Waals surface area contributed by atoms with Crippen molar-refractivity contribution in [3.8, 4) is 5.75 Å². The summed E-state index contributed by atoms with van der Waals surface area (Å²) in [6.45, 7) is 0.506. The van der Waals surface area contributed by atoms with Gasteiger partial charge >= 0.3 is 0 Å². The lowest BCUT2D eigenvalue weighted by atomic mass is 10.1. The Kier molecular flexibility index (Phi) is 6.64. The minimum absolute atomic E-state index is 0.00246. The maximum atomic E-state index is 12.9. The van der Waals surface area contributed by atoms with Gasteiger partial charge in [-0.1, -0.05) is 30.3 Å². The molecule has 0 spiro atoms. The van der Waals surface area contributed by atoms with Crippen LogP contribution in [0.25, 0.3) is 0 Å². The Balaban J connectivity index is 1.45. The molecule has 1 saturated heterocycles. The molecule has 25 heavy (non-hydrogen) atoms. The first kappa shape index (κ1) is 18.1. The highest BCUT2D eigenvalue weighted by Gasteiger charge is 2.21. The molecule has 3 nitrogen and oxygen atoms in total. The number of hydrogen-bond acceptors (Lipinski definition) is 4. The van der Waals surface area contributed by atoms with E-state index >= 15 is 0 Å². The number of thioether (sulfide) groups is 2. The maximum absolute atomic E-state index is 12.9. The van der Waals surface area contributed by atoms with Crippen LogP contribution in [0, 0.1) is 5.82 Å². The zero-order chi connectivity index (χ0) is 17.5. The smallest absolute Gasteiger partial charge is 0.257 e. The van der Waals surface area contributed by atoms with E-state index < -0.39 is 0 Å². The van der Waals surface area contributed by atoms with E-state index in [4.69, 9.17) is 4.74 Å². The molecule has 1 aliphatic heterocycles. The summed E-state index contributed by atoms with van der Waals surface area (Å²) in [6, 6.07) is 14.2. The minimum atomic E-state index is -0.251. The number of hydrogen-bond donors (Lipinski definition) is 1. The van der Waals surface area contributed by atoms with Gasteiger partial charge in [0.2, 0.25) is 0 Å². The molecule has 0 aliphatic carbocycles. The SMILES string of the molecule is O=C(COc1ccccc1C1SCCS1)NCCc1ccc(F)cc1. The minimum Gasteiger partial charge on any atom is -0.483 e. The molecule has 0 radical (unpaired) electrons. The van der Waals surface area contributed by atoms with Crippen molar-refractivity contribution in [2.75, 3.05) is 24.7 Å². The molecule has 2 aromatic carbocycles. The summed E-state index contributed by atoms with van der Waals surface area (Å²) in [5, 5.41) is 2.84. The van der Waals surface area contributed by atoms with Crippen molar-refractivity contribution in [3.63, 3.8) is 0 Å². The first-order chi connectivity index (χ1) is 12.2. The molecule has 0 bridgehead atoms. The van der Waals surface area contributed by atoms with Crippen LogP contribution in [0.2, 0.25) is 0 Å². The highest BCUT2D eigenvalue weighted by atomic mass is 32.2. The average molecular weight is 378 g/mol. The number of nitrogens with one attached hydrogen (secondary N) is 1. The van der Waals surface area contributed by atoms with Gasteiger partial charge in [-0.05, 0) is 30.2 Å². The third-order valence-corrected chi connectivity index (χ3v) is 6.87. The molecule has 1 aliphatic rings. The Hall–Kier alpha value is -1.66. The fraction of sp³-hybridized carbons (Fsp3) is 0.316. The van der Waals surface area contributed by atoms with E-state index in [0.717, 1.165) is 28.4 Å². The van der Waals surface area contributed by atoms with E-state index in [1.54, 1.807) is 12.1 Å². The van der Waals surface area contributed by atoms with Crippen LogP contribution in [0.3, 0.4) is 0 Å². The summed E-state index contributed by atoms with van der Waals surface area (Å²) in [5.41, 5.74) is 2.14. The number of ether oxygens (including phenoxy) is 1. The number of para-hydroxylation sites is 1. The third-order valence-electron chi connectivity index (χ3n) is 3.80. The number of carbonyl (C=O) groups excluding carboxylic acids is 1. The summed E-state index contributed by atoms with van der Waals surface area (Å²) < 4.78 is 19.0. The number of rotatable bonds is 7. The Morgan fingerprint density at radius 1 is 1.12 bits per heavy atom. The van der Waals surface area contributed by atoms with Gasteiger partial charge < -0.3 is 10.1 Å². The molecule has 0 saturated carbocycles. The summed E-state index contributed by atoms with van der Waals surface area (Å²) in [7, 11) is 0. The first-order valence-corrected chi connectivity index (χ1v) is 10.3. The third kappa shape index (κ3) is 5.41. The van der Waals surface area contributed by atoms with Crippen LogP contribution in [0.4, 0.5) is 4.39 Å². The lowest BCUT2D eigenvalue weighted by molar-refractivity contribution is -0.123. The van der Waals surface area contributed by atoms with E-state index in [2.05, 4.69) is 11.4 Å². The van der Waals surface area contributed by atoms with E-state index in [1.807, 2.05) is 41.7 Å². The molecule has 132 valence electrons. The van der Waals surface area contributed by atoms with E-state index in [-0.39, 0.29) is 18.3 Å². The van der Waals surface area contributed by atoms with Gasteiger partial charge in [-0.2, -0.15) is 0 Å². The Morgan fingerprint density at radius 3 is 2.60 bits per heavy atom. The van der Waals surface area contributed by atoms with Gasteiger partial charge in [0.25, 0.3) is 5.91 Å². The van der Waals surface area contributed by atoms with Crippen molar-refractivity contribution in [3.05, 3.63) is 65.5 Å². The highest BCUT2D eigenvalue weighted by Crippen LogP contribution is 2.48. The molecule has 0 unspecified atom stereocenters. The largest absolute Gasteiger partial charge is 0.483 e. The normalized spacial score (nSPS) is 14.4. The van der Waals surface area contributed by atoms with Gasteiger partial charge in [-0.25, -0.2) is 4.39 Å². The van der Waals surface area contributed by atoms with Crippen molar-refractivity contribution in [2.45, 2.75) is 11.0 Å². The average Bonchev–Trinajstić information content (AvgIpc) is 3.16. The van der Waals surface area contributed by atoms with Gasteiger partial charge in [0.05, 0.1) is 4.58 Å².